The third-order valence-corrected chi connectivity index (χ3v) is 4.47. The van der Waals surface area contributed by atoms with Crippen molar-refractivity contribution in [2.45, 2.75) is 24.5 Å². The minimum absolute atomic E-state index is 0.413. The van der Waals surface area contributed by atoms with E-state index in [1.54, 1.807) is 0 Å². The summed E-state index contributed by atoms with van der Waals surface area (Å²) in [5.41, 5.74) is 7.71. The first-order valence-corrected chi connectivity index (χ1v) is 7.15. The highest BCUT2D eigenvalue weighted by Gasteiger charge is 2.23. The van der Waals surface area contributed by atoms with Gasteiger partial charge in [-0.2, -0.15) is 16.7 Å². The summed E-state index contributed by atoms with van der Waals surface area (Å²) in [5, 5.41) is 4.49. The van der Waals surface area contributed by atoms with Crippen LogP contribution in [-0.2, 0) is 6.42 Å². The molecule has 2 N–H and O–H groups in total. The van der Waals surface area contributed by atoms with Gasteiger partial charge in [0.15, 0.2) is 5.82 Å². The van der Waals surface area contributed by atoms with Crippen LogP contribution in [0.5, 0.6) is 0 Å². The van der Waals surface area contributed by atoms with Gasteiger partial charge in [-0.25, -0.2) is 0 Å². The largest absolute Gasteiger partial charge is 0.398 e. The van der Waals surface area contributed by atoms with Crippen LogP contribution >= 0.6 is 11.8 Å². The maximum absolute atomic E-state index is 5.90. The van der Waals surface area contributed by atoms with E-state index in [9.17, 15) is 0 Å². The van der Waals surface area contributed by atoms with Gasteiger partial charge in [-0.05, 0) is 30.2 Å². The molecule has 1 saturated heterocycles. The van der Waals surface area contributed by atoms with Crippen LogP contribution in [0, 0.1) is 0 Å². The number of hydrogen-bond donors (Lipinski definition) is 1. The van der Waals surface area contributed by atoms with Gasteiger partial charge in [-0.1, -0.05) is 23.4 Å². The summed E-state index contributed by atoms with van der Waals surface area (Å²) in [6, 6.07) is 7.77. The molecular weight excluding hydrogens is 246 g/mol. The van der Waals surface area contributed by atoms with Crippen molar-refractivity contribution in [3.63, 3.8) is 0 Å². The molecule has 0 bridgehead atoms. The van der Waals surface area contributed by atoms with Crippen LogP contribution < -0.4 is 5.73 Å². The van der Waals surface area contributed by atoms with Crippen molar-refractivity contribution in [2.75, 3.05) is 11.5 Å². The van der Waals surface area contributed by atoms with Crippen LogP contribution in [0.2, 0.25) is 0 Å². The summed E-state index contributed by atoms with van der Waals surface area (Å²) in [5.74, 6) is 2.68. The highest BCUT2D eigenvalue weighted by atomic mass is 32.2. The molecule has 1 fully saturated rings. The molecule has 1 aliphatic rings. The van der Waals surface area contributed by atoms with Crippen molar-refractivity contribution in [2.24, 2.45) is 0 Å². The Bertz CT molecular complexity index is 535. The molecule has 0 spiro atoms. The van der Waals surface area contributed by atoms with Crippen molar-refractivity contribution in [3.05, 3.63) is 41.5 Å². The third-order valence-electron chi connectivity index (χ3n) is 3.10. The van der Waals surface area contributed by atoms with E-state index in [-0.39, 0.29) is 0 Å². The van der Waals surface area contributed by atoms with Crippen LogP contribution in [0.1, 0.15) is 35.4 Å². The molecule has 94 valence electrons. The highest BCUT2D eigenvalue weighted by Crippen LogP contribution is 2.38. The minimum Gasteiger partial charge on any atom is -0.398 e. The number of aromatic nitrogens is 2. The normalized spacial score (nSPS) is 19.2. The number of hydrogen-bond acceptors (Lipinski definition) is 5. The lowest BCUT2D eigenvalue weighted by atomic mass is 10.1. The van der Waals surface area contributed by atoms with Gasteiger partial charge in [0, 0.05) is 5.69 Å². The molecular formula is C13H15N3OS. The maximum Gasteiger partial charge on any atom is 0.231 e. The summed E-state index contributed by atoms with van der Waals surface area (Å²) < 4.78 is 5.31. The van der Waals surface area contributed by atoms with E-state index in [1.807, 2.05) is 36.0 Å². The molecule has 4 nitrogen and oxygen atoms in total. The Balaban J connectivity index is 1.75. The third kappa shape index (κ3) is 2.36. The topological polar surface area (TPSA) is 64.9 Å². The second-order valence-electron chi connectivity index (χ2n) is 4.42. The van der Waals surface area contributed by atoms with Gasteiger partial charge in [-0.3, -0.25) is 0 Å². The first-order chi connectivity index (χ1) is 8.83. The number of benzene rings is 1. The van der Waals surface area contributed by atoms with E-state index >= 15 is 0 Å². The molecule has 5 heteroatoms. The predicted octanol–water partition coefficient (Wildman–Crippen LogP) is 2.81. The zero-order chi connectivity index (χ0) is 12.4. The Morgan fingerprint density at radius 2 is 2.28 bits per heavy atom. The van der Waals surface area contributed by atoms with E-state index in [2.05, 4.69) is 10.1 Å². The Labute approximate surface area is 110 Å². The molecule has 1 aliphatic heterocycles. The quantitative estimate of drug-likeness (QED) is 0.861. The molecule has 0 radical (unpaired) electrons. The fourth-order valence-electron chi connectivity index (χ4n) is 2.11. The SMILES string of the molecule is Nc1ccccc1Cc1nc(C2CCCS2)no1. The zero-order valence-electron chi connectivity index (χ0n) is 10.0. The van der Waals surface area contributed by atoms with E-state index in [0.717, 1.165) is 23.5 Å². The fraction of sp³-hybridized carbons (Fsp3) is 0.385. The summed E-state index contributed by atoms with van der Waals surface area (Å²) in [6.45, 7) is 0. The van der Waals surface area contributed by atoms with Crippen LogP contribution in [0.4, 0.5) is 5.69 Å². The van der Waals surface area contributed by atoms with Gasteiger partial charge in [0.25, 0.3) is 0 Å². The number of anilines is 1. The number of nitrogen functional groups attached to an aromatic ring is 1. The van der Waals surface area contributed by atoms with Gasteiger partial charge < -0.3 is 10.3 Å². The average molecular weight is 261 g/mol. The lowest BCUT2D eigenvalue weighted by Crippen LogP contribution is -1.96. The van der Waals surface area contributed by atoms with E-state index in [1.165, 1.54) is 12.2 Å². The van der Waals surface area contributed by atoms with E-state index < -0.39 is 0 Å². The van der Waals surface area contributed by atoms with Crippen molar-refractivity contribution in [1.82, 2.24) is 10.1 Å². The number of para-hydroxylation sites is 1. The van der Waals surface area contributed by atoms with Crippen molar-refractivity contribution < 1.29 is 4.52 Å². The minimum atomic E-state index is 0.413. The molecule has 3 rings (SSSR count). The Hall–Kier alpha value is -1.49. The first kappa shape index (κ1) is 11.6. The summed E-state index contributed by atoms with van der Waals surface area (Å²) in [6.07, 6.45) is 3.00. The maximum atomic E-state index is 5.90. The molecule has 0 amide bonds. The Morgan fingerprint density at radius 1 is 1.39 bits per heavy atom. The molecule has 1 aromatic carbocycles. The van der Waals surface area contributed by atoms with Gasteiger partial charge in [0.2, 0.25) is 5.89 Å². The molecule has 1 unspecified atom stereocenters. The van der Waals surface area contributed by atoms with Gasteiger partial charge in [0.05, 0.1) is 11.7 Å². The highest BCUT2D eigenvalue weighted by molar-refractivity contribution is 7.99. The molecule has 18 heavy (non-hydrogen) atoms. The summed E-state index contributed by atoms with van der Waals surface area (Å²) >= 11 is 1.91. The number of nitrogens with two attached hydrogens (primary N) is 1. The molecule has 0 aliphatic carbocycles. The van der Waals surface area contributed by atoms with Crippen molar-refractivity contribution in [3.8, 4) is 0 Å². The lowest BCUT2D eigenvalue weighted by molar-refractivity contribution is 0.379. The molecule has 1 atom stereocenters. The number of nitrogens with zero attached hydrogens (tertiary/aromatic N) is 2. The Kier molecular flexibility index (Phi) is 3.23. The lowest BCUT2D eigenvalue weighted by Gasteiger charge is -2.01. The van der Waals surface area contributed by atoms with Gasteiger partial charge >= 0.3 is 0 Å². The van der Waals surface area contributed by atoms with Crippen LogP contribution in [0.15, 0.2) is 28.8 Å². The molecule has 2 aromatic rings. The number of thioether (sulfide) groups is 1. The van der Waals surface area contributed by atoms with Crippen LogP contribution in [0.3, 0.4) is 0 Å². The molecule has 2 heterocycles. The second kappa shape index (κ2) is 5.02. The fourth-order valence-corrected chi connectivity index (χ4v) is 3.31. The zero-order valence-corrected chi connectivity index (χ0v) is 10.8. The van der Waals surface area contributed by atoms with Gasteiger partial charge in [-0.15, -0.1) is 0 Å². The second-order valence-corrected chi connectivity index (χ2v) is 5.73. The first-order valence-electron chi connectivity index (χ1n) is 6.10. The monoisotopic (exact) mass is 261 g/mol. The summed E-state index contributed by atoms with van der Waals surface area (Å²) in [4.78, 5) is 4.47. The number of rotatable bonds is 3. The van der Waals surface area contributed by atoms with Gasteiger partial charge in [0.1, 0.15) is 0 Å². The van der Waals surface area contributed by atoms with E-state index in [4.69, 9.17) is 10.3 Å². The molecule has 0 saturated carbocycles. The average Bonchev–Trinajstić information content (AvgIpc) is 3.02. The molecule has 1 aromatic heterocycles. The Morgan fingerprint density at radius 3 is 3.06 bits per heavy atom. The van der Waals surface area contributed by atoms with E-state index in [0.29, 0.717) is 17.6 Å². The standard InChI is InChI=1S/C13H15N3OS/c14-10-5-2-1-4-9(10)8-12-15-13(16-17-12)11-6-3-7-18-11/h1-2,4-5,11H,3,6-8,14H2. The van der Waals surface area contributed by atoms with Crippen LogP contribution in [0.25, 0.3) is 0 Å². The van der Waals surface area contributed by atoms with Crippen molar-refractivity contribution >= 4 is 17.4 Å². The van der Waals surface area contributed by atoms with Crippen LogP contribution in [-0.4, -0.2) is 15.9 Å². The predicted molar refractivity (Wildman–Crippen MR) is 72.4 cm³/mol. The van der Waals surface area contributed by atoms with Crippen molar-refractivity contribution in [1.29, 1.82) is 0 Å². The summed E-state index contributed by atoms with van der Waals surface area (Å²) in [7, 11) is 0. The smallest absolute Gasteiger partial charge is 0.231 e.